The van der Waals surface area contributed by atoms with Crippen LogP contribution in [0.3, 0.4) is 0 Å². The zero-order chi connectivity index (χ0) is 24.4. The van der Waals surface area contributed by atoms with Crippen molar-refractivity contribution in [1.29, 1.82) is 0 Å². The van der Waals surface area contributed by atoms with Crippen LogP contribution in [0.1, 0.15) is 38.9 Å². The maximum absolute atomic E-state index is 13.6. The third kappa shape index (κ3) is 4.66. The Labute approximate surface area is 202 Å². The van der Waals surface area contributed by atoms with Gasteiger partial charge in [-0.3, -0.25) is 14.5 Å². The van der Waals surface area contributed by atoms with Crippen molar-refractivity contribution in [1.82, 2.24) is 14.8 Å². The zero-order valence-corrected chi connectivity index (χ0v) is 20.4. The van der Waals surface area contributed by atoms with Crippen molar-refractivity contribution in [2.45, 2.75) is 26.8 Å². The van der Waals surface area contributed by atoms with Crippen LogP contribution in [0.4, 0.5) is 0 Å². The Morgan fingerprint density at radius 1 is 1.24 bits per heavy atom. The number of Topliss-reactive ketones (excluding diaryl/α,β-unsaturated/α-hetero) is 1. The van der Waals surface area contributed by atoms with E-state index in [0.717, 1.165) is 18.1 Å². The molecule has 2 N–H and O–H groups in total. The van der Waals surface area contributed by atoms with Gasteiger partial charge in [-0.25, -0.2) is 4.98 Å². The summed E-state index contributed by atoms with van der Waals surface area (Å²) in [5.41, 5.74) is 1.15. The van der Waals surface area contributed by atoms with Gasteiger partial charge in [-0.05, 0) is 38.5 Å². The minimum Gasteiger partial charge on any atom is -0.504 e. The standard InChI is InChI=1S/C24H29N3O6S/c1-4-33-18-13-16(5-6-17(18)28)20-19(21(29)23-14(2)25-15(3)34-23)22(30)24(31)27(20)8-7-26-9-11-32-12-10-26/h5-6,13,20,28,30H,4,7-12H2,1-3H3. The first kappa shape index (κ1) is 24.2. The Hall–Kier alpha value is -2.95. The number of amides is 1. The number of aromatic hydroxyl groups is 1. The van der Waals surface area contributed by atoms with E-state index < -0.39 is 23.5 Å². The van der Waals surface area contributed by atoms with Crippen LogP contribution in [-0.4, -0.2) is 82.7 Å². The van der Waals surface area contributed by atoms with Crippen LogP contribution in [0.5, 0.6) is 11.5 Å². The highest BCUT2D eigenvalue weighted by Gasteiger charge is 2.44. The summed E-state index contributed by atoms with van der Waals surface area (Å²) >= 11 is 1.24. The van der Waals surface area contributed by atoms with Gasteiger partial charge in [0.2, 0.25) is 5.78 Å². The molecule has 0 aliphatic carbocycles. The summed E-state index contributed by atoms with van der Waals surface area (Å²) in [6.07, 6.45) is 0. The molecule has 1 saturated heterocycles. The van der Waals surface area contributed by atoms with Crippen LogP contribution in [0.2, 0.25) is 0 Å². The SMILES string of the molecule is CCOc1cc(C2C(C(=O)c3sc(C)nc3C)=C(O)C(=O)N2CCN2CCOCC2)ccc1O. The number of aryl methyl sites for hydroxylation is 2. The number of ether oxygens (including phenoxy) is 2. The van der Waals surface area contributed by atoms with Crippen LogP contribution in [0.15, 0.2) is 29.5 Å². The molecule has 4 rings (SSSR count). The number of ketones is 1. The lowest BCUT2D eigenvalue weighted by Gasteiger charge is -2.31. The smallest absolute Gasteiger partial charge is 0.290 e. The summed E-state index contributed by atoms with van der Waals surface area (Å²) in [5.74, 6) is -1.34. The van der Waals surface area contributed by atoms with Gasteiger partial charge in [0.05, 0.1) is 47.0 Å². The Morgan fingerprint density at radius 2 is 1.97 bits per heavy atom. The lowest BCUT2D eigenvalue weighted by Crippen LogP contribution is -2.43. The summed E-state index contributed by atoms with van der Waals surface area (Å²) in [7, 11) is 0. The number of benzene rings is 1. The number of aliphatic hydroxyl groups excluding tert-OH is 1. The molecule has 1 aromatic carbocycles. The first-order valence-corrected chi connectivity index (χ1v) is 12.1. The van der Waals surface area contributed by atoms with E-state index in [1.165, 1.54) is 22.3 Å². The largest absolute Gasteiger partial charge is 0.504 e. The van der Waals surface area contributed by atoms with Gasteiger partial charge in [0.25, 0.3) is 5.91 Å². The second-order valence-corrected chi connectivity index (χ2v) is 9.46. The maximum Gasteiger partial charge on any atom is 0.290 e. The zero-order valence-electron chi connectivity index (χ0n) is 19.5. The molecule has 0 radical (unpaired) electrons. The number of carbonyl (C=O) groups is 2. The Morgan fingerprint density at radius 3 is 2.62 bits per heavy atom. The van der Waals surface area contributed by atoms with Gasteiger partial charge < -0.3 is 24.6 Å². The predicted molar refractivity (Wildman–Crippen MR) is 127 cm³/mol. The van der Waals surface area contributed by atoms with Gasteiger partial charge in [0, 0.05) is 26.2 Å². The van der Waals surface area contributed by atoms with Crippen molar-refractivity contribution < 1.29 is 29.3 Å². The second kappa shape index (κ2) is 10.1. The van der Waals surface area contributed by atoms with Crippen LogP contribution in [-0.2, 0) is 9.53 Å². The first-order chi connectivity index (χ1) is 16.3. The van der Waals surface area contributed by atoms with E-state index in [-0.39, 0.29) is 17.1 Å². The van der Waals surface area contributed by atoms with Gasteiger partial charge in [0.1, 0.15) is 0 Å². The highest BCUT2D eigenvalue weighted by molar-refractivity contribution is 7.14. The van der Waals surface area contributed by atoms with Crippen molar-refractivity contribution in [2.75, 3.05) is 46.0 Å². The van der Waals surface area contributed by atoms with Gasteiger partial charge >= 0.3 is 0 Å². The number of phenolic OH excluding ortho intramolecular Hbond substituents is 1. The minimum absolute atomic E-state index is 0.0202. The fraction of sp³-hybridized carbons (Fsp3) is 0.458. The van der Waals surface area contributed by atoms with Gasteiger partial charge in [-0.15, -0.1) is 11.3 Å². The number of hydrogen-bond acceptors (Lipinski definition) is 9. The highest BCUT2D eigenvalue weighted by Crippen LogP contribution is 2.42. The Kier molecular flexibility index (Phi) is 7.20. The molecule has 2 aliphatic heterocycles. The van der Waals surface area contributed by atoms with Crippen molar-refractivity contribution >= 4 is 23.0 Å². The molecule has 0 saturated carbocycles. The van der Waals surface area contributed by atoms with E-state index in [2.05, 4.69) is 9.88 Å². The normalized spacial score (nSPS) is 19.2. The third-order valence-corrected chi connectivity index (χ3v) is 7.09. The quantitative estimate of drug-likeness (QED) is 0.547. The second-order valence-electron chi connectivity index (χ2n) is 8.25. The summed E-state index contributed by atoms with van der Waals surface area (Å²) in [4.78, 5) is 35.3. The number of rotatable bonds is 8. The van der Waals surface area contributed by atoms with E-state index in [1.54, 1.807) is 26.0 Å². The molecule has 0 bridgehead atoms. The molecule has 0 spiro atoms. The molecule has 1 amide bonds. The molecular weight excluding hydrogens is 458 g/mol. The molecule has 9 nitrogen and oxygen atoms in total. The number of aromatic nitrogens is 1. The monoisotopic (exact) mass is 487 g/mol. The van der Waals surface area contributed by atoms with E-state index in [4.69, 9.17) is 9.47 Å². The van der Waals surface area contributed by atoms with Crippen LogP contribution in [0, 0.1) is 13.8 Å². The molecule has 10 heteroatoms. The predicted octanol–water partition coefficient (Wildman–Crippen LogP) is 2.77. The Balaban J connectivity index is 1.73. The average Bonchev–Trinajstić information content (AvgIpc) is 3.29. The molecule has 1 aromatic heterocycles. The first-order valence-electron chi connectivity index (χ1n) is 11.3. The number of morpholine rings is 1. The summed E-state index contributed by atoms with van der Waals surface area (Å²) in [6, 6.07) is 3.93. The van der Waals surface area contributed by atoms with Crippen molar-refractivity contribution in [3.63, 3.8) is 0 Å². The summed E-state index contributed by atoms with van der Waals surface area (Å²) < 4.78 is 10.9. The molecule has 2 aliphatic rings. The highest BCUT2D eigenvalue weighted by atomic mass is 32.1. The van der Waals surface area contributed by atoms with E-state index in [0.29, 0.717) is 49.0 Å². The number of aliphatic hydroxyl groups is 1. The molecular formula is C24H29N3O6S. The molecule has 1 unspecified atom stereocenters. The average molecular weight is 488 g/mol. The molecule has 2 aromatic rings. The van der Waals surface area contributed by atoms with Crippen molar-refractivity contribution in [3.8, 4) is 11.5 Å². The van der Waals surface area contributed by atoms with Gasteiger partial charge in [-0.1, -0.05) is 6.07 Å². The maximum atomic E-state index is 13.6. The van der Waals surface area contributed by atoms with E-state index in [9.17, 15) is 19.8 Å². The van der Waals surface area contributed by atoms with E-state index in [1.807, 2.05) is 6.92 Å². The summed E-state index contributed by atoms with van der Waals surface area (Å²) in [6.45, 7) is 9.35. The van der Waals surface area contributed by atoms with Gasteiger partial charge in [0.15, 0.2) is 17.3 Å². The van der Waals surface area contributed by atoms with E-state index >= 15 is 0 Å². The molecule has 182 valence electrons. The minimum atomic E-state index is -0.817. The molecule has 1 atom stereocenters. The van der Waals surface area contributed by atoms with Crippen LogP contribution in [0.25, 0.3) is 0 Å². The topological polar surface area (TPSA) is 112 Å². The molecule has 34 heavy (non-hydrogen) atoms. The fourth-order valence-corrected chi connectivity index (χ4v) is 5.25. The number of nitrogens with zero attached hydrogens (tertiary/aromatic N) is 3. The number of phenols is 1. The summed E-state index contributed by atoms with van der Waals surface area (Å²) in [5, 5.41) is 21.8. The fourth-order valence-electron chi connectivity index (χ4n) is 4.37. The van der Waals surface area contributed by atoms with Crippen LogP contribution < -0.4 is 4.74 Å². The number of hydrogen-bond donors (Lipinski definition) is 2. The number of carbonyl (C=O) groups excluding carboxylic acids is 2. The van der Waals surface area contributed by atoms with Crippen molar-refractivity contribution in [3.05, 3.63) is 50.7 Å². The number of thiazole rings is 1. The lowest BCUT2D eigenvalue weighted by molar-refractivity contribution is -0.129. The van der Waals surface area contributed by atoms with Gasteiger partial charge in [-0.2, -0.15) is 0 Å². The Bertz CT molecular complexity index is 1120. The lowest BCUT2D eigenvalue weighted by atomic mass is 9.94. The third-order valence-electron chi connectivity index (χ3n) is 6.02. The van der Waals surface area contributed by atoms with Crippen molar-refractivity contribution in [2.24, 2.45) is 0 Å². The van der Waals surface area contributed by atoms with Crippen LogP contribution >= 0.6 is 11.3 Å². The molecule has 1 fully saturated rings. The molecule has 3 heterocycles.